The van der Waals surface area contributed by atoms with Crippen LogP contribution in [0.2, 0.25) is 0 Å². The summed E-state index contributed by atoms with van der Waals surface area (Å²) in [5.74, 6) is -0.0472. The van der Waals surface area contributed by atoms with E-state index in [0.29, 0.717) is 17.7 Å². The van der Waals surface area contributed by atoms with Crippen molar-refractivity contribution in [3.63, 3.8) is 0 Å². The minimum absolute atomic E-state index is 0.0472. The van der Waals surface area contributed by atoms with Gasteiger partial charge < -0.3 is 4.90 Å². The van der Waals surface area contributed by atoms with Crippen molar-refractivity contribution in [1.29, 1.82) is 5.26 Å². The summed E-state index contributed by atoms with van der Waals surface area (Å²) in [7, 11) is 1.77. The van der Waals surface area contributed by atoms with Crippen LogP contribution in [0.25, 0.3) is 0 Å². The molecular weight excluding hydrogens is 324 g/mol. The van der Waals surface area contributed by atoms with Crippen molar-refractivity contribution in [3.8, 4) is 6.07 Å². The minimum Gasteiger partial charge on any atom is -0.337 e. The van der Waals surface area contributed by atoms with Crippen molar-refractivity contribution in [2.24, 2.45) is 0 Å². The molecule has 19 heavy (non-hydrogen) atoms. The molecule has 1 aromatic heterocycles. The molecule has 0 spiro atoms. The lowest BCUT2D eigenvalue weighted by molar-refractivity contribution is 0.0786. The molecule has 0 bridgehead atoms. The van der Waals surface area contributed by atoms with E-state index >= 15 is 0 Å². The highest BCUT2D eigenvalue weighted by atomic mass is 79.9. The van der Waals surface area contributed by atoms with Crippen LogP contribution in [0.5, 0.6) is 0 Å². The monoisotopic (exact) mass is 334 g/mol. The summed E-state index contributed by atoms with van der Waals surface area (Å²) in [6.07, 6.45) is 0. The van der Waals surface area contributed by atoms with Gasteiger partial charge in [0.15, 0.2) is 0 Å². The highest BCUT2D eigenvalue weighted by Gasteiger charge is 2.12. The van der Waals surface area contributed by atoms with E-state index in [0.717, 1.165) is 9.35 Å². The van der Waals surface area contributed by atoms with Gasteiger partial charge in [0.05, 0.1) is 18.2 Å². The van der Waals surface area contributed by atoms with Gasteiger partial charge in [-0.2, -0.15) is 5.26 Å². The number of amides is 1. The number of hydrogen-bond acceptors (Lipinski definition) is 3. The van der Waals surface area contributed by atoms with E-state index in [1.807, 2.05) is 17.5 Å². The van der Waals surface area contributed by atoms with E-state index in [1.54, 1.807) is 47.5 Å². The molecule has 96 valence electrons. The molecule has 1 aromatic carbocycles. The molecule has 0 radical (unpaired) electrons. The molecule has 5 heteroatoms. The largest absolute Gasteiger partial charge is 0.337 e. The van der Waals surface area contributed by atoms with Gasteiger partial charge in [0, 0.05) is 27.3 Å². The van der Waals surface area contributed by atoms with Gasteiger partial charge in [0.25, 0.3) is 5.91 Å². The second-order valence-electron chi connectivity index (χ2n) is 4.08. The van der Waals surface area contributed by atoms with Crippen molar-refractivity contribution >= 4 is 33.2 Å². The van der Waals surface area contributed by atoms with Gasteiger partial charge >= 0.3 is 0 Å². The van der Waals surface area contributed by atoms with Gasteiger partial charge in [-0.15, -0.1) is 11.3 Å². The van der Waals surface area contributed by atoms with Gasteiger partial charge in [-0.3, -0.25) is 4.79 Å². The predicted octanol–water partition coefficient (Wildman–Crippen LogP) is 3.65. The van der Waals surface area contributed by atoms with Crippen LogP contribution < -0.4 is 0 Å². The van der Waals surface area contributed by atoms with Gasteiger partial charge in [-0.05, 0) is 46.3 Å². The SMILES string of the molecule is CN(Cc1cc(Br)cs1)C(=O)c1ccc(C#N)cc1. The van der Waals surface area contributed by atoms with Crippen molar-refractivity contribution in [3.05, 3.63) is 56.2 Å². The molecule has 0 unspecified atom stereocenters. The number of carbonyl (C=O) groups is 1. The standard InChI is InChI=1S/C14H11BrN2OS/c1-17(8-13-6-12(15)9-19-13)14(18)11-4-2-10(7-16)3-5-11/h2-6,9H,8H2,1H3. The smallest absolute Gasteiger partial charge is 0.253 e. The van der Waals surface area contributed by atoms with Crippen LogP contribution in [0, 0.1) is 11.3 Å². The zero-order valence-corrected chi connectivity index (χ0v) is 12.7. The highest BCUT2D eigenvalue weighted by molar-refractivity contribution is 9.10. The Bertz CT molecular complexity index is 628. The first kappa shape index (κ1) is 13.8. The quantitative estimate of drug-likeness (QED) is 0.859. The Labute approximate surface area is 124 Å². The number of carbonyl (C=O) groups excluding carboxylic acids is 1. The Morgan fingerprint density at radius 2 is 2.11 bits per heavy atom. The molecule has 0 atom stereocenters. The maximum Gasteiger partial charge on any atom is 0.253 e. The van der Waals surface area contributed by atoms with E-state index in [1.165, 1.54) is 0 Å². The van der Waals surface area contributed by atoms with Gasteiger partial charge in [-0.1, -0.05) is 0 Å². The van der Waals surface area contributed by atoms with Crippen LogP contribution in [-0.4, -0.2) is 17.9 Å². The Balaban J connectivity index is 2.08. The molecule has 2 rings (SSSR count). The summed E-state index contributed by atoms with van der Waals surface area (Å²) in [4.78, 5) is 15.0. The van der Waals surface area contributed by atoms with Gasteiger partial charge in [0.1, 0.15) is 0 Å². The maximum absolute atomic E-state index is 12.2. The summed E-state index contributed by atoms with van der Waals surface area (Å²) < 4.78 is 1.03. The third-order valence-electron chi connectivity index (χ3n) is 2.62. The number of rotatable bonds is 3. The normalized spacial score (nSPS) is 9.95. The number of nitrogens with zero attached hydrogens (tertiary/aromatic N) is 2. The van der Waals surface area contributed by atoms with E-state index < -0.39 is 0 Å². The molecule has 0 N–H and O–H groups in total. The first-order valence-corrected chi connectivity index (χ1v) is 7.26. The second kappa shape index (κ2) is 6.00. The predicted molar refractivity (Wildman–Crippen MR) is 79.0 cm³/mol. The molecule has 0 aliphatic heterocycles. The van der Waals surface area contributed by atoms with Crippen LogP contribution in [-0.2, 0) is 6.54 Å². The van der Waals surface area contributed by atoms with Gasteiger partial charge in [-0.25, -0.2) is 0 Å². The lowest BCUT2D eigenvalue weighted by Gasteiger charge is -2.16. The topological polar surface area (TPSA) is 44.1 Å². The van der Waals surface area contributed by atoms with Crippen LogP contribution in [0.15, 0.2) is 40.2 Å². The zero-order chi connectivity index (χ0) is 13.8. The molecule has 1 heterocycles. The fourth-order valence-electron chi connectivity index (χ4n) is 1.65. The zero-order valence-electron chi connectivity index (χ0n) is 10.3. The van der Waals surface area contributed by atoms with Crippen LogP contribution >= 0.6 is 27.3 Å². The Morgan fingerprint density at radius 1 is 1.42 bits per heavy atom. The molecule has 0 fully saturated rings. The number of hydrogen-bond donors (Lipinski definition) is 0. The molecule has 3 nitrogen and oxygen atoms in total. The van der Waals surface area contributed by atoms with Crippen LogP contribution in [0.1, 0.15) is 20.8 Å². The third kappa shape index (κ3) is 3.43. The number of benzene rings is 1. The fraction of sp³-hybridized carbons (Fsp3) is 0.143. The van der Waals surface area contributed by atoms with Crippen molar-refractivity contribution in [2.45, 2.75) is 6.54 Å². The Morgan fingerprint density at radius 3 is 2.63 bits per heavy atom. The fourth-order valence-corrected chi connectivity index (χ4v) is 3.15. The average molecular weight is 335 g/mol. The maximum atomic E-state index is 12.2. The van der Waals surface area contributed by atoms with Crippen LogP contribution in [0.3, 0.4) is 0 Å². The Kier molecular flexibility index (Phi) is 4.35. The summed E-state index contributed by atoms with van der Waals surface area (Å²) in [5.41, 5.74) is 1.15. The first-order valence-electron chi connectivity index (χ1n) is 5.58. The van der Waals surface area contributed by atoms with E-state index in [2.05, 4.69) is 15.9 Å². The second-order valence-corrected chi connectivity index (χ2v) is 5.99. The molecule has 2 aromatic rings. The summed E-state index contributed by atoms with van der Waals surface area (Å²) in [5, 5.41) is 10.7. The molecule has 0 saturated heterocycles. The molecule has 0 saturated carbocycles. The van der Waals surface area contributed by atoms with Crippen LogP contribution in [0.4, 0.5) is 0 Å². The van der Waals surface area contributed by atoms with Crippen molar-refractivity contribution in [1.82, 2.24) is 4.90 Å². The average Bonchev–Trinajstić information content (AvgIpc) is 2.83. The highest BCUT2D eigenvalue weighted by Crippen LogP contribution is 2.21. The molecular formula is C14H11BrN2OS. The number of halogens is 1. The summed E-state index contributed by atoms with van der Waals surface area (Å²) in [6.45, 7) is 0.578. The summed E-state index contributed by atoms with van der Waals surface area (Å²) in [6, 6.07) is 10.7. The van der Waals surface area contributed by atoms with E-state index in [9.17, 15) is 4.79 Å². The first-order chi connectivity index (χ1) is 9.10. The molecule has 1 amide bonds. The minimum atomic E-state index is -0.0472. The lowest BCUT2D eigenvalue weighted by Crippen LogP contribution is -2.25. The Hall–Kier alpha value is -1.64. The summed E-state index contributed by atoms with van der Waals surface area (Å²) >= 11 is 5.01. The lowest BCUT2D eigenvalue weighted by atomic mass is 10.1. The molecule has 0 aliphatic carbocycles. The third-order valence-corrected chi connectivity index (χ3v) is 4.30. The van der Waals surface area contributed by atoms with E-state index in [4.69, 9.17) is 5.26 Å². The molecule has 0 aliphatic rings. The number of thiophene rings is 1. The van der Waals surface area contributed by atoms with Crippen molar-refractivity contribution < 1.29 is 4.79 Å². The van der Waals surface area contributed by atoms with E-state index in [-0.39, 0.29) is 5.91 Å². The van der Waals surface area contributed by atoms with Gasteiger partial charge in [0.2, 0.25) is 0 Å². The van der Waals surface area contributed by atoms with Crippen molar-refractivity contribution in [2.75, 3.05) is 7.05 Å². The number of nitriles is 1.